The number of halogens is 1. The summed E-state index contributed by atoms with van der Waals surface area (Å²) in [5, 5.41) is 9.13. The molecular weight excluding hydrogens is 310 g/mol. The standard InChI is InChI=1S/C14H20BrNO3/c1-10(2)16(3-4-17)9-11-7-13-14(8-12(11)15)19-6-5-18-13/h7-8,10,17H,3-6,9H2,1-2H3. The first-order valence-corrected chi connectivity index (χ1v) is 7.34. The van der Waals surface area contributed by atoms with E-state index in [1.54, 1.807) is 0 Å². The van der Waals surface area contributed by atoms with E-state index in [0.717, 1.165) is 28.1 Å². The van der Waals surface area contributed by atoms with Gasteiger partial charge in [0.1, 0.15) is 13.2 Å². The summed E-state index contributed by atoms with van der Waals surface area (Å²) in [7, 11) is 0. The molecule has 5 heteroatoms. The molecule has 1 aliphatic heterocycles. The van der Waals surface area contributed by atoms with Crippen LogP contribution in [0.2, 0.25) is 0 Å². The molecule has 106 valence electrons. The summed E-state index contributed by atoms with van der Waals surface area (Å²) in [5.41, 5.74) is 1.14. The summed E-state index contributed by atoms with van der Waals surface area (Å²) in [4.78, 5) is 2.22. The fraction of sp³-hybridized carbons (Fsp3) is 0.571. The summed E-state index contributed by atoms with van der Waals surface area (Å²) in [6.45, 7) is 7.05. The number of aliphatic hydroxyl groups excluding tert-OH is 1. The second-order valence-corrected chi connectivity index (χ2v) is 5.73. The van der Waals surface area contributed by atoms with Gasteiger partial charge in [-0.15, -0.1) is 0 Å². The van der Waals surface area contributed by atoms with Crippen LogP contribution in [0.3, 0.4) is 0 Å². The van der Waals surface area contributed by atoms with E-state index in [-0.39, 0.29) is 6.61 Å². The first-order chi connectivity index (χ1) is 9.11. The van der Waals surface area contributed by atoms with E-state index >= 15 is 0 Å². The van der Waals surface area contributed by atoms with Crippen LogP contribution < -0.4 is 9.47 Å². The highest BCUT2D eigenvalue weighted by Crippen LogP contribution is 2.36. The van der Waals surface area contributed by atoms with Crippen molar-refractivity contribution < 1.29 is 14.6 Å². The molecule has 0 radical (unpaired) electrons. The molecule has 19 heavy (non-hydrogen) atoms. The van der Waals surface area contributed by atoms with Crippen LogP contribution in [-0.2, 0) is 6.54 Å². The van der Waals surface area contributed by atoms with E-state index in [1.165, 1.54) is 0 Å². The minimum atomic E-state index is 0.167. The third-order valence-corrected chi connectivity index (χ3v) is 3.94. The molecule has 0 unspecified atom stereocenters. The minimum absolute atomic E-state index is 0.167. The zero-order chi connectivity index (χ0) is 13.8. The summed E-state index contributed by atoms with van der Waals surface area (Å²) >= 11 is 3.58. The molecule has 0 bridgehead atoms. The highest BCUT2D eigenvalue weighted by molar-refractivity contribution is 9.10. The average molecular weight is 330 g/mol. The Morgan fingerprint density at radius 1 is 1.26 bits per heavy atom. The van der Waals surface area contributed by atoms with Crippen molar-refractivity contribution in [1.82, 2.24) is 4.90 Å². The molecule has 2 rings (SSSR count). The lowest BCUT2D eigenvalue weighted by Crippen LogP contribution is -2.33. The van der Waals surface area contributed by atoms with Gasteiger partial charge in [-0.2, -0.15) is 0 Å². The molecule has 0 atom stereocenters. The van der Waals surface area contributed by atoms with Crippen molar-refractivity contribution in [1.29, 1.82) is 0 Å². The molecule has 1 heterocycles. The van der Waals surface area contributed by atoms with Gasteiger partial charge >= 0.3 is 0 Å². The Bertz CT molecular complexity index is 437. The lowest BCUT2D eigenvalue weighted by molar-refractivity contribution is 0.157. The number of fused-ring (bicyclic) bond motifs is 1. The van der Waals surface area contributed by atoms with Crippen LogP contribution in [0, 0.1) is 0 Å². The number of rotatable bonds is 5. The molecule has 1 aliphatic rings. The van der Waals surface area contributed by atoms with Crippen molar-refractivity contribution in [3.05, 3.63) is 22.2 Å². The molecule has 0 aromatic heterocycles. The molecule has 1 aromatic carbocycles. The fourth-order valence-electron chi connectivity index (χ4n) is 2.09. The van der Waals surface area contributed by atoms with Crippen LogP contribution in [0.5, 0.6) is 11.5 Å². The number of benzene rings is 1. The Morgan fingerprint density at radius 2 is 1.89 bits per heavy atom. The molecule has 0 fully saturated rings. The van der Waals surface area contributed by atoms with Crippen LogP contribution in [0.4, 0.5) is 0 Å². The SMILES string of the molecule is CC(C)N(CCO)Cc1cc2c(cc1Br)OCCO2. The molecule has 4 nitrogen and oxygen atoms in total. The van der Waals surface area contributed by atoms with E-state index in [0.29, 0.717) is 25.8 Å². The molecule has 1 aromatic rings. The first kappa shape index (κ1) is 14.6. The largest absolute Gasteiger partial charge is 0.486 e. The van der Waals surface area contributed by atoms with Crippen molar-refractivity contribution in [2.24, 2.45) is 0 Å². The maximum Gasteiger partial charge on any atom is 0.162 e. The van der Waals surface area contributed by atoms with Crippen molar-refractivity contribution in [3.8, 4) is 11.5 Å². The van der Waals surface area contributed by atoms with Crippen molar-refractivity contribution in [2.75, 3.05) is 26.4 Å². The predicted octanol–water partition coefficient (Wildman–Crippen LogP) is 2.42. The number of hydrogen-bond acceptors (Lipinski definition) is 4. The predicted molar refractivity (Wildman–Crippen MR) is 77.8 cm³/mol. The average Bonchev–Trinajstić information content (AvgIpc) is 2.38. The Labute approximate surface area is 122 Å². The van der Waals surface area contributed by atoms with Gasteiger partial charge in [0.15, 0.2) is 11.5 Å². The molecule has 0 spiro atoms. The number of hydrogen-bond donors (Lipinski definition) is 1. The first-order valence-electron chi connectivity index (χ1n) is 6.54. The van der Waals surface area contributed by atoms with Crippen LogP contribution >= 0.6 is 15.9 Å². The van der Waals surface area contributed by atoms with Gasteiger partial charge in [0.05, 0.1) is 6.61 Å². The van der Waals surface area contributed by atoms with E-state index in [4.69, 9.17) is 14.6 Å². The maximum atomic E-state index is 9.13. The van der Waals surface area contributed by atoms with Crippen LogP contribution in [0.15, 0.2) is 16.6 Å². The topological polar surface area (TPSA) is 41.9 Å². The minimum Gasteiger partial charge on any atom is -0.486 e. The second-order valence-electron chi connectivity index (χ2n) is 4.88. The number of ether oxygens (including phenoxy) is 2. The Morgan fingerprint density at radius 3 is 2.47 bits per heavy atom. The van der Waals surface area contributed by atoms with Gasteiger partial charge < -0.3 is 14.6 Å². The third-order valence-electron chi connectivity index (χ3n) is 3.20. The third kappa shape index (κ3) is 3.61. The Balaban J connectivity index is 2.19. The van der Waals surface area contributed by atoms with Gasteiger partial charge in [-0.05, 0) is 31.5 Å². The molecule has 0 aliphatic carbocycles. The van der Waals surface area contributed by atoms with Gasteiger partial charge in [-0.25, -0.2) is 0 Å². The van der Waals surface area contributed by atoms with Crippen molar-refractivity contribution >= 4 is 15.9 Å². The molecule has 0 saturated heterocycles. The number of nitrogens with zero attached hydrogens (tertiary/aromatic N) is 1. The molecule has 0 amide bonds. The zero-order valence-corrected chi connectivity index (χ0v) is 12.9. The van der Waals surface area contributed by atoms with Crippen LogP contribution in [-0.4, -0.2) is 42.4 Å². The maximum absolute atomic E-state index is 9.13. The molecular formula is C14H20BrNO3. The monoisotopic (exact) mass is 329 g/mol. The number of aliphatic hydroxyl groups is 1. The van der Waals surface area contributed by atoms with E-state index in [1.807, 2.05) is 12.1 Å². The van der Waals surface area contributed by atoms with Crippen molar-refractivity contribution in [2.45, 2.75) is 26.4 Å². The smallest absolute Gasteiger partial charge is 0.162 e. The van der Waals surface area contributed by atoms with Gasteiger partial charge in [0.2, 0.25) is 0 Å². The Kier molecular flexibility index (Phi) is 5.07. The van der Waals surface area contributed by atoms with Crippen LogP contribution in [0.25, 0.3) is 0 Å². The van der Waals surface area contributed by atoms with Crippen LogP contribution in [0.1, 0.15) is 19.4 Å². The van der Waals surface area contributed by atoms with Gasteiger partial charge in [-0.3, -0.25) is 4.90 Å². The summed E-state index contributed by atoms with van der Waals surface area (Å²) in [6.07, 6.45) is 0. The zero-order valence-electron chi connectivity index (χ0n) is 11.4. The normalized spacial score (nSPS) is 14.2. The Hall–Kier alpha value is -0.780. The van der Waals surface area contributed by atoms with Gasteiger partial charge in [-0.1, -0.05) is 15.9 Å². The molecule has 1 N–H and O–H groups in total. The lowest BCUT2D eigenvalue weighted by Gasteiger charge is -2.27. The summed E-state index contributed by atoms with van der Waals surface area (Å²) in [5.74, 6) is 1.59. The highest BCUT2D eigenvalue weighted by Gasteiger charge is 2.17. The summed E-state index contributed by atoms with van der Waals surface area (Å²) < 4.78 is 12.2. The van der Waals surface area contributed by atoms with E-state index in [2.05, 4.69) is 34.7 Å². The van der Waals surface area contributed by atoms with E-state index < -0.39 is 0 Å². The van der Waals surface area contributed by atoms with Gasteiger partial charge in [0.25, 0.3) is 0 Å². The van der Waals surface area contributed by atoms with Crippen molar-refractivity contribution in [3.63, 3.8) is 0 Å². The summed E-state index contributed by atoms with van der Waals surface area (Å²) in [6, 6.07) is 4.36. The van der Waals surface area contributed by atoms with Gasteiger partial charge in [0, 0.05) is 23.6 Å². The fourth-order valence-corrected chi connectivity index (χ4v) is 2.54. The quantitative estimate of drug-likeness (QED) is 0.900. The highest BCUT2D eigenvalue weighted by atomic mass is 79.9. The lowest BCUT2D eigenvalue weighted by atomic mass is 10.1. The molecule has 0 saturated carbocycles. The second kappa shape index (κ2) is 6.59. The van der Waals surface area contributed by atoms with E-state index in [9.17, 15) is 0 Å².